The van der Waals surface area contributed by atoms with Gasteiger partial charge in [0, 0.05) is 19.4 Å². The Balaban J connectivity index is 4.73. The minimum Gasteiger partial charge on any atom is -0.481 e. The number of ether oxygens (including phenoxy) is 1. The summed E-state index contributed by atoms with van der Waals surface area (Å²) in [7, 11) is 0. The Morgan fingerprint density at radius 2 is 1.50 bits per heavy atom. The van der Waals surface area contributed by atoms with Crippen molar-refractivity contribution < 1.29 is 38.9 Å². The van der Waals surface area contributed by atoms with E-state index in [-0.39, 0.29) is 18.7 Å². The number of hydrogen-bond donors (Lipinski definition) is 6. The molecule has 0 aliphatic carbocycles. The second kappa shape index (κ2) is 16.7. The fourth-order valence-corrected chi connectivity index (χ4v) is 2.90. The number of esters is 1. The first kappa shape index (κ1) is 31.1. The third-order valence-electron chi connectivity index (χ3n) is 4.60. The SMILES string of the molecule is CC(C)(C)OC(=O)[C@H](CCCCNC(=O)CCCCCN)NC(=O)N[C@@H](CCC(=O)O)C(=O)O. The molecule has 0 fully saturated rings. The number of hydrogen-bond acceptors (Lipinski definition) is 7. The van der Waals surface area contributed by atoms with E-state index in [9.17, 15) is 29.1 Å². The number of unbranched alkanes of at least 4 members (excludes halogenated alkanes) is 3. The number of aliphatic carboxylic acids is 2. The molecule has 0 aromatic rings. The number of amides is 3. The van der Waals surface area contributed by atoms with Crippen LogP contribution in [0.1, 0.15) is 78.6 Å². The predicted octanol–water partition coefficient (Wildman–Crippen LogP) is 1.12. The summed E-state index contributed by atoms with van der Waals surface area (Å²) in [5.74, 6) is -3.31. The van der Waals surface area contributed by atoms with Crippen molar-refractivity contribution in [1.29, 1.82) is 0 Å². The van der Waals surface area contributed by atoms with Crippen molar-refractivity contribution in [3.8, 4) is 0 Å². The van der Waals surface area contributed by atoms with Gasteiger partial charge in [-0.15, -0.1) is 0 Å². The Kier molecular flexibility index (Phi) is 15.3. The molecule has 0 saturated heterocycles. The van der Waals surface area contributed by atoms with Crippen LogP contribution in [0.2, 0.25) is 0 Å². The van der Waals surface area contributed by atoms with Crippen molar-refractivity contribution in [2.75, 3.05) is 13.1 Å². The normalized spacial score (nSPS) is 12.8. The summed E-state index contributed by atoms with van der Waals surface area (Å²) in [5, 5.41) is 25.3. The molecule has 0 aliphatic heterocycles. The van der Waals surface area contributed by atoms with E-state index in [0.29, 0.717) is 32.4 Å². The number of carbonyl (C=O) groups is 5. The topological polar surface area (TPSA) is 197 Å². The van der Waals surface area contributed by atoms with Crippen LogP contribution in [0.4, 0.5) is 4.79 Å². The summed E-state index contributed by atoms with van der Waals surface area (Å²) in [6.45, 7) is 6.05. The molecule has 0 aromatic heterocycles. The standard InChI is InChI=1S/C22H40N4O8/c1-22(2,3)34-20(32)16(9-6-8-14-24-17(27)10-5-4-7-13-23)26-21(33)25-15(19(30)31)11-12-18(28)29/h15-16H,4-14,23H2,1-3H3,(H,24,27)(H,28,29)(H,30,31)(H2,25,26,33)/t15-,16-/m0/s1. The average molecular weight is 489 g/mol. The molecule has 0 heterocycles. The Labute approximate surface area is 200 Å². The first-order valence-corrected chi connectivity index (χ1v) is 11.6. The highest BCUT2D eigenvalue weighted by molar-refractivity contribution is 5.87. The summed E-state index contributed by atoms with van der Waals surface area (Å²) >= 11 is 0. The minimum atomic E-state index is -1.42. The van der Waals surface area contributed by atoms with E-state index < -0.39 is 48.0 Å². The van der Waals surface area contributed by atoms with Crippen molar-refractivity contribution in [2.45, 2.75) is 96.2 Å². The van der Waals surface area contributed by atoms with E-state index in [1.54, 1.807) is 20.8 Å². The van der Waals surface area contributed by atoms with Crippen molar-refractivity contribution in [3.63, 3.8) is 0 Å². The molecular formula is C22H40N4O8. The molecule has 0 rings (SSSR count). The molecule has 196 valence electrons. The monoisotopic (exact) mass is 488 g/mol. The van der Waals surface area contributed by atoms with Gasteiger partial charge in [0.15, 0.2) is 0 Å². The Morgan fingerprint density at radius 1 is 0.853 bits per heavy atom. The van der Waals surface area contributed by atoms with Gasteiger partial charge in [0.2, 0.25) is 5.91 Å². The van der Waals surface area contributed by atoms with Crippen LogP contribution in [0.5, 0.6) is 0 Å². The number of carboxylic acids is 2. The molecule has 7 N–H and O–H groups in total. The molecule has 0 aliphatic rings. The van der Waals surface area contributed by atoms with Crippen LogP contribution in [0.25, 0.3) is 0 Å². The summed E-state index contributed by atoms with van der Waals surface area (Å²) < 4.78 is 5.34. The maximum atomic E-state index is 12.5. The first-order chi connectivity index (χ1) is 15.9. The third-order valence-corrected chi connectivity index (χ3v) is 4.60. The highest BCUT2D eigenvalue weighted by atomic mass is 16.6. The van der Waals surface area contributed by atoms with Crippen LogP contribution in [0, 0.1) is 0 Å². The van der Waals surface area contributed by atoms with E-state index in [2.05, 4.69) is 16.0 Å². The summed E-state index contributed by atoms with van der Waals surface area (Å²) in [6, 6.07) is -3.38. The van der Waals surface area contributed by atoms with E-state index in [0.717, 1.165) is 19.3 Å². The lowest BCUT2D eigenvalue weighted by Gasteiger charge is -2.25. The molecule has 12 nitrogen and oxygen atoms in total. The Bertz CT molecular complexity index is 678. The van der Waals surface area contributed by atoms with E-state index in [4.69, 9.17) is 15.6 Å². The summed E-state index contributed by atoms with van der Waals surface area (Å²) in [5.41, 5.74) is 4.62. The molecule has 2 atom stereocenters. The van der Waals surface area contributed by atoms with E-state index >= 15 is 0 Å². The predicted molar refractivity (Wildman–Crippen MR) is 124 cm³/mol. The van der Waals surface area contributed by atoms with Gasteiger partial charge in [0.25, 0.3) is 0 Å². The average Bonchev–Trinajstić information content (AvgIpc) is 2.71. The lowest BCUT2D eigenvalue weighted by Crippen LogP contribution is -2.52. The van der Waals surface area contributed by atoms with Gasteiger partial charge in [0.05, 0.1) is 0 Å². The molecule has 34 heavy (non-hydrogen) atoms. The number of urea groups is 1. The van der Waals surface area contributed by atoms with Crippen LogP contribution < -0.4 is 21.7 Å². The van der Waals surface area contributed by atoms with Gasteiger partial charge in [-0.3, -0.25) is 9.59 Å². The number of nitrogens with two attached hydrogens (primary N) is 1. The quantitative estimate of drug-likeness (QED) is 0.128. The number of rotatable bonds is 17. The second-order valence-electron chi connectivity index (χ2n) is 8.97. The van der Waals surface area contributed by atoms with Gasteiger partial charge < -0.3 is 36.6 Å². The van der Waals surface area contributed by atoms with Crippen molar-refractivity contribution in [3.05, 3.63) is 0 Å². The van der Waals surface area contributed by atoms with Crippen molar-refractivity contribution in [2.24, 2.45) is 5.73 Å². The molecular weight excluding hydrogens is 448 g/mol. The Hall–Kier alpha value is -2.89. The van der Waals surface area contributed by atoms with Gasteiger partial charge in [0.1, 0.15) is 17.7 Å². The number of carbonyl (C=O) groups excluding carboxylic acids is 3. The smallest absolute Gasteiger partial charge is 0.329 e. The zero-order valence-electron chi connectivity index (χ0n) is 20.4. The highest BCUT2D eigenvalue weighted by Gasteiger charge is 2.28. The van der Waals surface area contributed by atoms with Gasteiger partial charge >= 0.3 is 23.9 Å². The lowest BCUT2D eigenvalue weighted by atomic mass is 10.1. The lowest BCUT2D eigenvalue weighted by molar-refractivity contribution is -0.157. The van der Waals surface area contributed by atoms with Crippen LogP contribution in [-0.2, 0) is 23.9 Å². The van der Waals surface area contributed by atoms with Crippen LogP contribution >= 0.6 is 0 Å². The molecule has 0 aromatic carbocycles. The fourth-order valence-electron chi connectivity index (χ4n) is 2.90. The molecule has 0 saturated carbocycles. The van der Waals surface area contributed by atoms with Crippen LogP contribution in [0.3, 0.4) is 0 Å². The number of nitrogens with one attached hydrogen (secondary N) is 3. The van der Waals surface area contributed by atoms with Crippen LogP contribution in [-0.4, -0.2) is 70.8 Å². The largest absolute Gasteiger partial charge is 0.481 e. The third kappa shape index (κ3) is 16.7. The van der Waals surface area contributed by atoms with E-state index in [1.807, 2.05) is 0 Å². The minimum absolute atomic E-state index is 0.0562. The zero-order chi connectivity index (χ0) is 26.1. The summed E-state index contributed by atoms with van der Waals surface area (Å²) in [4.78, 5) is 58.6. The molecule has 0 spiro atoms. The Morgan fingerprint density at radius 3 is 2.06 bits per heavy atom. The van der Waals surface area contributed by atoms with Gasteiger partial charge in [-0.2, -0.15) is 0 Å². The van der Waals surface area contributed by atoms with E-state index in [1.165, 1.54) is 0 Å². The maximum Gasteiger partial charge on any atom is 0.329 e. The summed E-state index contributed by atoms with van der Waals surface area (Å²) in [6.07, 6.45) is 3.49. The highest BCUT2D eigenvalue weighted by Crippen LogP contribution is 2.12. The molecule has 0 radical (unpaired) electrons. The molecule has 0 bridgehead atoms. The van der Waals surface area contributed by atoms with Crippen LogP contribution in [0.15, 0.2) is 0 Å². The van der Waals surface area contributed by atoms with Gasteiger partial charge in [-0.1, -0.05) is 6.42 Å². The van der Waals surface area contributed by atoms with Crippen molar-refractivity contribution in [1.82, 2.24) is 16.0 Å². The maximum absolute atomic E-state index is 12.5. The number of carboxylic acid groups (broad SMARTS) is 2. The zero-order valence-corrected chi connectivity index (χ0v) is 20.4. The van der Waals surface area contributed by atoms with Gasteiger partial charge in [-0.05, 0) is 65.8 Å². The second-order valence-corrected chi connectivity index (χ2v) is 8.97. The molecule has 0 unspecified atom stereocenters. The fraction of sp³-hybridized carbons (Fsp3) is 0.773. The van der Waals surface area contributed by atoms with Crippen molar-refractivity contribution >= 4 is 29.8 Å². The van der Waals surface area contributed by atoms with Gasteiger partial charge in [-0.25, -0.2) is 14.4 Å². The molecule has 12 heteroatoms. The first-order valence-electron chi connectivity index (χ1n) is 11.6. The molecule has 3 amide bonds.